The topological polar surface area (TPSA) is 26.0 Å². The van der Waals surface area contributed by atoms with Gasteiger partial charge in [-0.3, -0.25) is 0 Å². The van der Waals surface area contributed by atoms with Crippen LogP contribution in [0, 0.1) is 17.8 Å². The zero-order valence-corrected chi connectivity index (χ0v) is 9.97. The van der Waals surface area contributed by atoms with Gasteiger partial charge in [-0.15, -0.1) is 0 Å². The van der Waals surface area contributed by atoms with Crippen LogP contribution in [-0.4, -0.2) is 6.54 Å². The highest BCUT2D eigenvalue weighted by molar-refractivity contribution is 4.72. The lowest BCUT2D eigenvalue weighted by Gasteiger charge is -2.20. The second kappa shape index (κ2) is 6.44. The fourth-order valence-electron chi connectivity index (χ4n) is 2.91. The summed E-state index contributed by atoms with van der Waals surface area (Å²) < 4.78 is 0. The molecule has 0 saturated heterocycles. The molecule has 1 fully saturated rings. The third-order valence-corrected chi connectivity index (χ3v) is 3.86. The van der Waals surface area contributed by atoms with Gasteiger partial charge in [0.15, 0.2) is 0 Å². The van der Waals surface area contributed by atoms with Crippen molar-refractivity contribution in [2.75, 3.05) is 6.54 Å². The van der Waals surface area contributed by atoms with Crippen molar-refractivity contribution in [3.63, 3.8) is 0 Å². The summed E-state index contributed by atoms with van der Waals surface area (Å²) in [4.78, 5) is 0. The lowest BCUT2D eigenvalue weighted by molar-refractivity contribution is 0.321. The van der Waals surface area contributed by atoms with Crippen LogP contribution in [0.2, 0.25) is 0 Å². The maximum atomic E-state index is 5.74. The molecule has 0 aromatic carbocycles. The molecule has 1 aliphatic rings. The molecule has 84 valence electrons. The van der Waals surface area contributed by atoms with Gasteiger partial charge in [-0.25, -0.2) is 0 Å². The summed E-state index contributed by atoms with van der Waals surface area (Å²) in [5.74, 6) is 2.71. The van der Waals surface area contributed by atoms with E-state index in [0.29, 0.717) is 0 Å². The molecule has 0 spiro atoms. The largest absolute Gasteiger partial charge is 0.330 e. The van der Waals surface area contributed by atoms with Crippen LogP contribution in [0.4, 0.5) is 0 Å². The summed E-state index contributed by atoms with van der Waals surface area (Å²) >= 11 is 0. The van der Waals surface area contributed by atoms with Gasteiger partial charge in [-0.05, 0) is 37.1 Å². The minimum absolute atomic E-state index is 0.770. The maximum absolute atomic E-state index is 5.74. The Kier molecular flexibility index (Phi) is 5.54. The molecule has 1 nitrogen and oxygen atoms in total. The minimum atomic E-state index is 0.770. The predicted octanol–water partition coefficient (Wildman–Crippen LogP) is 3.58. The Morgan fingerprint density at radius 3 is 2.43 bits per heavy atom. The summed E-state index contributed by atoms with van der Waals surface area (Å²) in [7, 11) is 0. The van der Waals surface area contributed by atoms with E-state index in [4.69, 9.17) is 5.73 Å². The first-order valence-corrected chi connectivity index (χ1v) is 6.46. The number of rotatable bonds is 6. The molecule has 14 heavy (non-hydrogen) atoms. The van der Waals surface area contributed by atoms with E-state index < -0.39 is 0 Å². The van der Waals surface area contributed by atoms with E-state index in [1.165, 1.54) is 44.9 Å². The molecule has 1 unspecified atom stereocenters. The molecule has 0 bridgehead atoms. The zero-order valence-electron chi connectivity index (χ0n) is 9.97. The van der Waals surface area contributed by atoms with Crippen LogP contribution in [0.25, 0.3) is 0 Å². The monoisotopic (exact) mass is 197 g/mol. The second-order valence-electron chi connectivity index (χ2n) is 5.24. The van der Waals surface area contributed by atoms with Crippen LogP contribution in [0.5, 0.6) is 0 Å². The van der Waals surface area contributed by atoms with E-state index in [1.807, 2.05) is 0 Å². The fourth-order valence-corrected chi connectivity index (χ4v) is 2.91. The van der Waals surface area contributed by atoms with E-state index in [1.54, 1.807) is 0 Å². The summed E-state index contributed by atoms with van der Waals surface area (Å²) in [6.07, 6.45) is 10.00. The Bertz CT molecular complexity index is 130. The Hall–Kier alpha value is -0.0400. The fraction of sp³-hybridized carbons (Fsp3) is 1.00. The smallest absolute Gasteiger partial charge is 0.00489 e. The highest BCUT2D eigenvalue weighted by atomic mass is 14.5. The first-order chi connectivity index (χ1) is 6.76. The first kappa shape index (κ1) is 12.0. The van der Waals surface area contributed by atoms with Gasteiger partial charge in [0.25, 0.3) is 0 Å². The van der Waals surface area contributed by atoms with Gasteiger partial charge in [0.2, 0.25) is 0 Å². The van der Waals surface area contributed by atoms with Gasteiger partial charge in [-0.1, -0.05) is 46.0 Å². The van der Waals surface area contributed by atoms with Crippen molar-refractivity contribution in [1.29, 1.82) is 0 Å². The molecule has 1 saturated carbocycles. The Labute approximate surface area is 89.5 Å². The Balaban J connectivity index is 2.16. The van der Waals surface area contributed by atoms with Crippen molar-refractivity contribution in [3.8, 4) is 0 Å². The third-order valence-electron chi connectivity index (χ3n) is 3.86. The highest BCUT2D eigenvalue weighted by Crippen LogP contribution is 2.32. The van der Waals surface area contributed by atoms with Crippen LogP contribution < -0.4 is 5.73 Å². The molecule has 2 N–H and O–H groups in total. The van der Waals surface area contributed by atoms with Crippen molar-refractivity contribution in [2.24, 2.45) is 23.5 Å². The van der Waals surface area contributed by atoms with Gasteiger partial charge in [0.1, 0.15) is 0 Å². The highest BCUT2D eigenvalue weighted by Gasteiger charge is 2.19. The van der Waals surface area contributed by atoms with Crippen molar-refractivity contribution in [3.05, 3.63) is 0 Å². The number of hydrogen-bond donors (Lipinski definition) is 1. The Morgan fingerprint density at radius 2 is 1.93 bits per heavy atom. The van der Waals surface area contributed by atoms with Gasteiger partial charge >= 0.3 is 0 Å². The van der Waals surface area contributed by atoms with Crippen LogP contribution >= 0.6 is 0 Å². The lowest BCUT2D eigenvalue weighted by Crippen LogP contribution is -2.17. The quantitative estimate of drug-likeness (QED) is 0.692. The SMILES string of the molecule is CC[C@H](CN)CC(C)CC1CCCC1. The van der Waals surface area contributed by atoms with E-state index in [9.17, 15) is 0 Å². The summed E-state index contributed by atoms with van der Waals surface area (Å²) in [5.41, 5.74) is 5.74. The molecule has 1 rings (SSSR count). The van der Waals surface area contributed by atoms with Crippen molar-refractivity contribution >= 4 is 0 Å². The Morgan fingerprint density at radius 1 is 1.29 bits per heavy atom. The summed E-state index contributed by atoms with van der Waals surface area (Å²) in [5, 5.41) is 0. The molecular formula is C13H27N. The van der Waals surface area contributed by atoms with Crippen LogP contribution in [0.15, 0.2) is 0 Å². The normalized spacial score (nSPS) is 22.5. The van der Waals surface area contributed by atoms with E-state index >= 15 is 0 Å². The van der Waals surface area contributed by atoms with E-state index in [2.05, 4.69) is 13.8 Å². The molecule has 0 aliphatic heterocycles. The lowest BCUT2D eigenvalue weighted by atomic mass is 9.86. The molecular weight excluding hydrogens is 170 g/mol. The van der Waals surface area contributed by atoms with Crippen LogP contribution in [0.3, 0.4) is 0 Å². The molecule has 0 heterocycles. The maximum Gasteiger partial charge on any atom is -0.00489 e. The number of nitrogens with two attached hydrogens (primary N) is 1. The average molecular weight is 197 g/mol. The molecule has 0 radical (unpaired) electrons. The summed E-state index contributed by atoms with van der Waals surface area (Å²) in [6, 6.07) is 0. The molecule has 0 aromatic rings. The van der Waals surface area contributed by atoms with E-state index in [-0.39, 0.29) is 0 Å². The second-order valence-corrected chi connectivity index (χ2v) is 5.24. The van der Waals surface area contributed by atoms with Gasteiger partial charge in [-0.2, -0.15) is 0 Å². The molecule has 2 atom stereocenters. The van der Waals surface area contributed by atoms with Crippen molar-refractivity contribution < 1.29 is 0 Å². The number of hydrogen-bond acceptors (Lipinski definition) is 1. The molecule has 0 aromatic heterocycles. The average Bonchev–Trinajstić information content (AvgIpc) is 2.66. The van der Waals surface area contributed by atoms with Crippen molar-refractivity contribution in [1.82, 2.24) is 0 Å². The zero-order chi connectivity index (χ0) is 10.4. The third kappa shape index (κ3) is 4.00. The molecule has 1 aliphatic carbocycles. The predicted molar refractivity (Wildman–Crippen MR) is 63.2 cm³/mol. The van der Waals surface area contributed by atoms with Gasteiger partial charge < -0.3 is 5.73 Å². The minimum Gasteiger partial charge on any atom is -0.330 e. The van der Waals surface area contributed by atoms with E-state index in [0.717, 1.165) is 24.3 Å². The van der Waals surface area contributed by atoms with Crippen LogP contribution in [0.1, 0.15) is 58.8 Å². The van der Waals surface area contributed by atoms with Gasteiger partial charge in [0, 0.05) is 0 Å². The first-order valence-electron chi connectivity index (χ1n) is 6.46. The van der Waals surface area contributed by atoms with Gasteiger partial charge in [0.05, 0.1) is 0 Å². The van der Waals surface area contributed by atoms with Crippen LogP contribution in [-0.2, 0) is 0 Å². The molecule has 0 amide bonds. The molecule has 1 heteroatoms. The van der Waals surface area contributed by atoms with Crippen molar-refractivity contribution in [2.45, 2.75) is 58.8 Å². The summed E-state index contributed by atoms with van der Waals surface area (Å²) in [6.45, 7) is 5.56. The standard InChI is InChI=1S/C13H27N/c1-3-12(10-14)8-11(2)9-13-6-4-5-7-13/h11-13H,3-10,14H2,1-2H3/t11?,12-/m0/s1.